The van der Waals surface area contributed by atoms with E-state index in [1.165, 1.54) is 24.3 Å². The van der Waals surface area contributed by atoms with E-state index in [4.69, 9.17) is 5.73 Å². The van der Waals surface area contributed by atoms with Gasteiger partial charge < -0.3 is 11.1 Å². The lowest BCUT2D eigenvalue weighted by Gasteiger charge is -2.30. The van der Waals surface area contributed by atoms with Gasteiger partial charge in [-0.05, 0) is 37.4 Å². The van der Waals surface area contributed by atoms with Gasteiger partial charge in [0.25, 0.3) is 10.0 Å². The minimum Gasteiger partial charge on any atom is -0.370 e. The Balaban J connectivity index is 2.51. The van der Waals surface area contributed by atoms with Crippen molar-refractivity contribution in [2.45, 2.75) is 43.5 Å². The molecule has 10 heteroatoms. The van der Waals surface area contributed by atoms with Gasteiger partial charge in [0.2, 0.25) is 11.8 Å². The third-order valence-corrected chi connectivity index (χ3v) is 6.54. The molecule has 1 fully saturated rings. The summed E-state index contributed by atoms with van der Waals surface area (Å²) in [6.07, 6.45) is 0.324. The molecule has 1 aliphatic rings. The van der Waals surface area contributed by atoms with Crippen molar-refractivity contribution in [1.29, 1.82) is 5.26 Å². The second-order valence-corrected chi connectivity index (χ2v) is 8.87. The van der Waals surface area contributed by atoms with E-state index in [9.17, 15) is 28.1 Å². The highest BCUT2D eigenvalue weighted by Crippen LogP contribution is 2.26. The lowest BCUT2D eigenvalue weighted by molar-refractivity contribution is -0.134. The predicted octanol–water partition coefficient (Wildman–Crippen LogP) is 0.298. The highest BCUT2D eigenvalue weighted by atomic mass is 32.2. The van der Waals surface area contributed by atoms with Gasteiger partial charge in [-0.2, -0.15) is 5.26 Å². The Morgan fingerprint density at radius 3 is 2.69 bits per heavy atom. The number of nitrogens with zero attached hydrogens (tertiary/aromatic N) is 2. The number of nitrogens with two attached hydrogens (primary N) is 1. The molecule has 3 N–H and O–H groups in total. The number of carbonyl (C=O) groups is 3. The van der Waals surface area contributed by atoms with Gasteiger partial charge in [0.05, 0.1) is 12.1 Å². The quantitative estimate of drug-likeness (QED) is 0.644. The molecular weight excluding hydrogens is 396 g/mol. The van der Waals surface area contributed by atoms with E-state index >= 15 is 0 Å². The monoisotopic (exact) mass is 420 g/mol. The normalized spacial score (nSPS) is 18.3. The molecule has 0 aromatic heterocycles. The smallest absolute Gasteiger partial charge is 0.268 e. The van der Waals surface area contributed by atoms with Crippen LogP contribution in [0, 0.1) is 17.2 Å². The van der Waals surface area contributed by atoms with Crippen LogP contribution in [0.1, 0.15) is 38.2 Å². The van der Waals surface area contributed by atoms with Crippen LogP contribution in [-0.2, 0) is 24.4 Å². The molecule has 1 aromatic carbocycles. The maximum atomic E-state index is 13.4. The Morgan fingerprint density at radius 1 is 1.34 bits per heavy atom. The summed E-state index contributed by atoms with van der Waals surface area (Å²) in [6.45, 7) is 2.07. The van der Waals surface area contributed by atoms with Gasteiger partial charge >= 0.3 is 0 Å². The summed E-state index contributed by atoms with van der Waals surface area (Å²) in [5.74, 6) is -2.32. The molecule has 0 radical (unpaired) electrons. The van der Waals surface area contributed by atoms with Crippen molar-refractivity contribution in [2.24, 2.45) is 11.7 Å². The number of rotatable bonds is 7. The van der Waals surface area contributed by atoms with Crippen molar-refractivity contribution < 1.29 is 22.8 Å². The van der Waals surface area contributed by atoms with Gasteiger partial charge in [-0.1, -0.05) is 19.1 Å². The van der Waals surface area contributed by atoms with Crippen LogP contribution in [0.4, 0.5) is 0 Å². The second kappa shape index (κ2) is 9.62. The van der Waals surface area contributed by atoms with Gasteiger partial charge in [0, 0.05) is 12.8 Å². The largest absolute Gasteiger partial charge is 0.370 e. The summed E-state index contributed by atoms with van der Waals surface area (Å²) in [5, 5.41) is 12.2. The lowest BCUT2D eigenvalue weighted by atomic mass is 10.0. The van der Waals surface area contributed by atoms with Crippen molar-refractivity contribution in [3.05, 3.63) is 29.8 Å². The molecule has 1 heterocycles. The Kier molecular flexibility index (Phi) is 7.47. The fourth-order valence-electron chi connectivity index (χ4n) is 3.33. The highest BCUT2D eigenvalue weighted by molar-refractivity contribution is 7.89. The van der Waals surface area contributed by atoms with Gasteiger partial charge in [-0.25, -0.2) is 12.7 Å². The number of primary amides is 1. The summed E-state index contributed by atoms with van der Waals surface area (Å²) in [5.41, 5.74) is 5.05. The van der Waals surface area contributed by atoms with Gasteiger partial charge in [0.15, 0.2) is 5.78 Å². The van der Waals surface area contributed by atoms with Crippen LogP contribution in [0.5, 0.6) is 0 Å². The maximum absolute atomic E-state index is 13.4. The maximum Gasteiger partial charge on any atom is 0.268 e. The molecule has 2 atom stereocenters. The average molecular weight is 420 g/mol. The molecular formula is C19H24N4O5S. The number of amides is 2. The van der Waals surface area contributed by atoms with E-state index in [1.807, 2.05) is 6.07 Å². The first kappa shape index (κ1) is 22.5. The summed E-state index contributed by atoms with van der Waals surface area (Å²) >= 11 is 0. The van der Waals surface area contributed by atoms with Gasteiger partial charge in [-0.3, -0.25) is 14.4 Å². The first-order chi connectivity index (χ1) is 13.7. The molecule has 0 bridgehead atoms. The number of nitriles is 1. The highest BCUT2D eigenvalue weighted by Gasteiger charge is 2.40. The summed E-state index contributed by atoms with van der Waals surface area (Å²) in [4.78, 5) is 36.5. The Hall–Kier alpha value is -2.77. The van der Waals surface area contributed by atoms with E-state index in [0.717, 1.165) is 0 Å². The van der Waals surface area contributed by atoms with Crippen molar-refractivity contribution in [2.75, 3.05) is 13.1 Å². The fourth-order valence-corrected chi connectivity index (χ4v) is 5.08. The zero-order chi connectivity index (χ0) is 21.6. The van der Waals surface area contributed by atoms with Crippen LogP contribution in [0.2, 0.25) is 0 Å². The third kappa shape index (κ3) is 5.40. The molecule has 156 valence electrons. The number of hydrogen-bond acceptors (Lipinski definition) is 7. The molecule has 2 rings (SSSR count). The Labute approximate surface area is 169 Å². The van der Waals surface area contributed by atoms with Crippen LogP contribution in [0.25, 0.3) is 0 Å². The van der Waals surface area contributed by atoms with Crippen LogP contribution < -0.4 is 11.1 Å². The number of benzene rings is 1. The van der Waals surface area contributed by atoms with E-state index in [-0.39, 0.29) is 36.3 Å². The second-order valence-electron chi connectivity index (χ2n) is 7.08. The first-order valence-electron chi connectivity index (χ1n) is 9.26. The third-order valence-electron chi connectivity index (χ3n) is 4.65. The first-order valence-corrected chi connectivity index (χ1v) is 10.7. The molecule has 1 saturated heterocycles. The SMILES string of the molecule is C[C@@H](CC(N)=O)CC(=O)N(C1CCCNCC1=O)S(=O)(=O)c1ccccc1C#N. The Morgan fingerprint density at radius 2 is 2.03 bits per heavy atom. The number of carbonyl (C=O) groups excluding carboxylic acids is 3. The van der Waals surface area contributed by atoms with Crippen molar-refractivity contribution in [1.82, 2.24) is 9.62 Å². The molecule has 29 heavy (non-hydrogen) atoms. The van der Waals surface area contributed by atoms with Crippen LogP contribution >= 0.6 is 0 Å². The molecule has 1 aliphatic heterocycles. The molecule has 1 unspecified atom stereocenters. The zero-order valence-electron chi connectivity index (χ0n) is 16.1. The molecule has 0 saturated carbocycles. The molecule has 0 spiro atoms. The molecule has 9 nitrogen and oxygen atoms in total. The summed E-state index contributed by atoms with van der Waals surface area (Å²) < 4.78 is 27.4. The molecule has 2 amide bonds. The zero-order valence-corrected chi connectivity index (χ0v) is 16.9. The number of hydrogen-bond donors (Lipinski definition) is 2. The van der Waals surface area contributed by atoms with E-state index in [2.05, 4.69) is 5.32 Å². The van der Waals surface area contributed by atoms with Crippen molar-refractivity contribution >= 4 is 27.6 Å². The minimum absolute atomic E-state index is 0.0549. The summed E-state index contributed by atoms with van der Waals surface area (Å²) in [7, 11) is -4.47. The summed E-state index contributed by atoms with van der Waals surface area (Å²) in [6, 6.07) is 6.17. The Bertz CT molecular complexity index is 938. The number of ketones is 1. The van der Waals surface area contributed by atoms with Crippen molar-refractivity contribution in [3.8, 4) is 6.07 Å². The van der Waals surface area contributed by atoms with Gasteiger partial charge in [-0.15, -0.1) is 0 Å². The van der Waals surface area contributed by atoms with Crippen LogP contribution in [0.3, 0.4) is 0 Å². The molecule has 1 aromatic rings. The van der Waals surface area contributed by atoms with E-state index < -0.39 is 39.6 Å². The van der Waals surface area contributed by atoms with E-state index in [1.54, 1.807) is 6.92 Å². The number of Topliss-reactive ketones (excluding diaryl/α,β-unsaturated/α-hetero) is 1. The van der Waals surface area contributed by atoms with E-state index in [0.29, 0.717) is 17.3 Å². The number of nitrogens with one attached hydrogen (secondary N) is 1. The minimum atomic E-state index is -4.47. The number of sulfonamides is 1. The van der Waals surface area contributed by atoms with Crippen LogP contribution in [0.15, 0.2) is 29.2 Å². The van der Waals surface area contributed by atoms with Crippen LogP contribution in [-0.4, -0.2) is 49.5 Å². The average Bonchev–Trinajstić information content (AvgIpc) is 2.85. The van der Waals surface area contributed by atoms with Gasteiger partial charge in [0.1, 0.15) is 17.0 Å². The predicted molar refractivity (Wildman–Crippen MR) is 104 cm³/mol. The topological polar surface area (TPSA) is 150 Å². The fraction of sp³-hybridized carbons (Fsp3) is 0.474. The standard InChI is InChI=1S/C19H24N4O5S/c1-13(9-18(21)25)10-19(26)23(15-6-4-8-22-12-16(15)24)29(27,28)17-7-3-2-5-14(17)11-20/h2-3,5,7,13,15,22H,4,6,8-10,12H2,1H3,(H2,21,25)/t13-,15?/m0/s1. The lowest BCUT2D eigenvalue weighted by Crippen LogP contribution is -2.50. The molecule has 0 aliphatic carbocycles. The van der Waals surface area contributed by atoms with Crippen molar-refractivity contribution in [3.63, 3.8) is 0 Å².